The Morgan fingerprint density at radius 2 is 1.13 bits per heavy atom. The fraction of sp³-hybridized carbons (Fsp3) is 0.0357. The number of hydrogen-bond donors (Lipinski definition) is 0. The largest absolute Gasteiger partial charge is 0.294 e. The second-order valence-electron chi connectivity index (χ2n) is 7.71. The third-order valence-corrected chi connectivity index (χ3v) is 5.94. The minimum Gasteiger partial charge on any atom is -0.225 e. The van der Waals surface area contributed by atoms with Crippen LogP contribution < -0.4 is 4.57 Å². The van der Waals surface area contributed by atoms with Gasteiger partial charge in [0.05, 0.1) is 5.56 Å². The van der Waals surface area contributed by atoms with Crippen molar-refractivity contribution in [3.05, 3.63) is 121 Å². The number of rotatable bonds is 3. The Morgan fingerprint density at radius 3 is 1.80 bits per heavy atom. The predicted molar refractivity (Wildman–Crippen MR) is 121 cm³/mol. The van der Waals surface area contributed by atoms with Crippen LogP contribution in [-0.2, 0) is 6.54 Å². The van der Waals surface area contributed by atoms with Crippen LogP contribution in [0.2, 0.25) is 0 Å². The van der Waals surface area contributed by atoms with Crippen LogP contribution in [-0.4, -0.2) is 4.57 Å². The van der Waals surface area contributed by atoms with Gasteiger partial charge in [0.2, 0.25) is 0 Å². The molecule has 0 saturated heterocycles. The first-order valence-electron chi connectivity index (χ1n) is 10.3. The average molecular weight is 385 g/mol. The zero-order valence-corrected chi connectivity index (χ0v) is 16.6. The molecular weight excluding hydrogens is 364 g/mol. The fourth-order valence-electron chi connectivity index (χ4n) is 4.58. The summed E-state index contributed by atoms with van der Waals surface area (Å²) >= 11 is 0. The molecule has 4 aromatic carbocycles. The van der Waals surface area contributed by atoms with Crippen molar-refractivity contribution in [1.29, 1.82) is 0 Å². The first kappa shape index (κ1) is 17.0. The Kier molecular flexibility index (Phi) is 3.88. The second kappa shape index (κ2) is 6.85. The van der Waals surface area contributed by atoms with E-state index in [4.69, 9.17) is 0 Å². The monoisotopic (exact) mass is 385 g/mol. The van der Waals surface area contributed by atoms with E-state index in [9.17, 15) is 0 Å². The zero-order valence-electron chi connectivity index (χ0n) is 16.6. The second-order valence-corrected chi connectivity index (χ2v) is 7.71. The quantitative estimate of drug-likeness (QED) is 0.324. The number of hydrogen-bond acceptors (Lipinski definition) is 0. The Labute approximate surface area is 176 Å². The van der Waals surface area contributed by atoms with Gasteiger partial charge in [-0.3, -0.25) is 0 Å². The van der Waals surface area contributed by atoms with Crippen molar-refractivity contribution in [3.63, 3.8) is 0 Å². The van der Waals surface area contributed by atoms with Gasteiger partial charge in [-0.1, -0.05) is 97.1 Å². The van der Waals surface area contributed by atoms with Gasteiger partial charge in [-0.15, -0.1) is 0 Å². The maximum absolute atomic E-state index is 2.37. The van der Waals surface area contributed by atoms with Gasteiger partial charge in [0.25, 0.3) is 5.82 Å². The highest BCUT2D eigenvalue weighted by molar-refractivity contribution is 5.86. The van der Waals surface area contributed by atoms with Crippen LogP contribution in [0.4, 0.5) is 0 Å². The standard InChI is InChI=1S/C28H21N2/c1-3-10-21(11-4-1)24-16-9-17-25(22-12-5-2-6-13-22)27(24)30-19-18-29-20-23-14-7-8-15-26(23)28(29)30/h1-19H,20H2/q+1. The molecule has 1 aliphatic heterocycles. The molecule has 0 saturated carbocycles. The highest BCUT2D eigenvalue weighted by atomic mass is 15.2. The van der Waals surface area contributed by atoms with Crippen LogP contribution in [0.5, 0.6) is 0 Å². The van der Waals surface area contributed by atoms with E-state index in [1.165, 1.54) is 44.9 Å². The third-order valence-electron chi connectivity index (χ3n) is 5.94. The van der Waals surface area contributed by atoms with E-state index in [2.05, 4.69) is 125 Å². The van der Waals surface area contributed by atoms with Crippen LogP contribution in [0.25, 0.3) is 39.3 Å². The molecule has 0 bridgehead atoms. The Bertz CT molecular complexity index is 1290. The Morgan fingerprint density at radius 1 is 0.567 bits per heavy atom. The molecule has 2 heteroatoms. The number of fused-ring (bicyclic) bond motifs is 3. The zero-order chi connectivity index (χ0) is 19.9. The molecule has 0 unspecified atom stereocenters. The topological polar surface area (TPSA) is 8.81 Å². The lowest BCUT2D eigenvalue weighted by Crippen LogP contribution is -2.30. The van der Waals surface area contributed by atoms with Gasteiger partial charge in [-0.2, -0.15) is 4.57 Å². The number of aromatic nitrogens is 2. The average Bonchev–Trinajstić information content (AvgIpc) is 3.39. The number of benzene rings is 4. The molecule has 0 fully saturated rings. The first-order chi connectivity index (χ1) is 14.9. The molecule has 2 heterocycles. The van der Waals surface area contributed by atoms with Crippen LogP contribution in [0.3, 0.4) is 0 Å². The Balaban J connectivity index is 1.68. The molecule has 0 N–H and O–H groups in total. The van der Waals surface area contributed by atoms with Gasteiger partial charge in [-0.05, 0) is 17.2 Å². The predicted octanol–water partition coefficient (Wildman–Crippen LogP) is 6.13. The van der Waals surface area contributed by atoms with Crippen LogP contribution in [0, 0.1) is 0 Å². The lowest BCUT2D eigenvalue weighted by Gasteiger charge is -2.14. The van der Waals surface area contributed by atoms with E-state index < -0.39 is 0 Å². The number of nitrogens with zero attached hydrogens (tertiary/aromatic N) is 2. The van der Waals surface area contributed by atoms with Crippen molar-refractivity contribution >= 4 is 0 Å². The molecule has 0 aliphatic carbocycles. The van der Waals surface area contributed by atoms with Gasteiger partial charge in [0, 0.05) is 16.7 Å². The maximum atomic E-state index is 2.37. The molecule has 0 radical (unpaired) electrons. The van der Waals surface area contributed by atoms with Crippen LogP contribution in [0.15, 0.2) is 116 Å². The highest BCUT2D eigenvalue weighted by Gasteiger charge is 2.32. The van der Waals surface area contributed by atoms with Crippen LogP contribution >= 0.6 is 0 Å². The van der Waals surface area contributed by atoms with E-state index in [0.29, 0.717) is 0 Å². The lowest BCUT2D eigenvalue weighted by molar-refractivity contribution is -0.671. The summed E-state index contributed by atoms with van der Waals surface area (Å²) in [4.78, 5) is 0. The molecule has 142 valence electrons. The molecule has 1 aliphatic rings. The summed E-state index contributed by atoms with van der Waals surface area (Å²) in [5.41, 5.74) is 8.83. The fourth-order valence-corrected chi connectivity index (χ4v) is 4.58. The summed E-state index contributed by atoms with van der Waals surface area (Å²) in [6, 6.07) is 36.7. The van der Waals surface area contributed by atoms with Gasteiger partial charge < -0.3 is 0 Å². The molecule has 2 nitrogen and oxygen atoms in total. The van der Waals surface area contributed by atoms with E-state index in [1.54, 1.807) is 0 Å². The minimum atomic E-state index is 0.923. The molecule has 0 amide bonds. The van der Waals surface area contributed by atoms with Crippen molar-refractivity contribution in [2.24, 2.45) is 0 Å². The van der Waals surface area contributed by atoms with Crippen molar-refractivity contribution < 1.29 is 4.57 Å². The summed E-state index contributed by atoms with van der Waals surface area (Å²) in [6.07, 6.45) is 4.41. The molecule has 0 atom stereocenters. The summed E-state index contributed by atoms with van der Waals surface area (Å²) in [5, 5.41) is 0. The van der Waals surface area contributed by atoms with Crippen molar-refractivity contribution in [3.8, 4) is 39.3 Å². The molecular formula is C28H21N2+. The molecule has 1 aromatic heterocycles. The molecule has 6 rings (SSSR count). The van der Waals surface area contributed by atoms with Gasteiger partial charge in [-0.25, -0.2) is 4.57 Å². The SMILES string of the molecule is c1ccc(-c2cccc(-c3ccccc3)c2-n2cc[n+]3c2-c2ccccc2C3)cc1. The number of imidazole rings is 1. The minimum absolute atomic E-state index is 0.923. The Hall–Kier alpha value is -3.91. The summed E-state index contributed by atoms with van der Waals surface area (Å²) < 4.78 is 4.72. The highest BCUT2D eigenvalue weighted by Crippen LogP contribution is 2.38. The molecule has 5 aromatic rings. The van der Waals surface area contributed by atoms with E-state index in [0.717, 1.165) is 6.54 Å². The van der Waals surface area contributed by atoms with E-state index in [-0.39, 0.29) is 0 Å². The van der Waals surface area contributed by atoms with E-state index >= 15 is 0 Å². The van der Waals surface area contributed by atoms with Crippen molar-refractivity contribution in [1.82, 2.24) is 4.57 Å². The summed E-state index contributed by atoms with van der Waals surface area (Å²) in [5.74, 6) is 1.24. The molecule has 0 spiro atoms. The normalized spacial score (nSPS) is 11.9. The lowest BCUT2D eigenvalue weighted by atomic mass is 9.95. The van der Waals surface area contributed by atoms with Crippen LogP contribution in [0.1, 0.15) is 5.56 Å². The van der Waals surface area contributed by atoms with E-state index in [1.807, 2.05) is 0 Å². The maximum Gasteiger partial charge on any atom is 0.294 e. The van der Waals surface area contributed by atoms with Gasteiger partial charge in [0.1, 0.15) is 24.6 Å². The first-order valence-corrected chi connectivity index (χ1v) is 10.3. The van der Waals surface area contributed by atoms with Gasteiger partial charge >= 0.3 is 0 Å². The van der Waals surface area contributed by atoms with Crippen molar-refractivity contribution in [2.75, 3.05) is 0 Å². The molecule has 30 heavy (non-hydrogen) atoms. The van der Waals surface area contributed by atoms with Crippen molar-refractivity contribution in [2.45, 2.75) is 6.54 Å². The number of para-hydroxylation sites is 1. The third kappa shape index (κ3) is 2.61. The smallest absolute Gasteiger partial charge is 0.225 e. The summed E-state index contributed by atoms with van der Waals surface area (Å²) in [7, 11) is 0. The summed E-state index contributed by atoms with van der Waals surface area (Å²) in [6.45, 7) is 0.923. The van der Waals surface area contributed by atoms with Gasteiger partial charge in [0.15, 0.2) is 0 Å².